The predicted molar refractivity (Wildman–Crippen MR) is 180 cm³/mol. The van der Waals surface area contributed by atoms with Gasteiger partial charge in [0.05, 0.1) is 0 Å². The first-order chi connectivity index (χ1) is 19.8. The molecule has 41 heavy (non-hydrogen) atoms. The fourth-order valence-electron chi connectivity index (χ4n) is 10.5. The molecule has 4 aliphatic rings. The monoisotopic (exact) mass is 575 g/mol. The molecule has 0 heterocycles. The molecule has 0 spiro atoms. The van der Waals surface area contributed by atoms with Gasteiger partial charge in [-0.05, 0) is 169 Å². The summed E-state index contributed by atoms with van der Waals surface area (Å²) >= 11 is 0. The first-order valence-corrected chi connectivity index (χ1v) is 18.6. The van der Waals surface area contributed by atoms with Gasteiger partial charge in [-0.3, -0.25) is 0 Å². The van der Waals surface area contributed by atoms with Crippen molar-refractivity contribution < 1.29 is 0 Å². The average molecular weight is 575 g/mol. The van der Waals surface area contributed by atoms with E-state index < -0.39 is 0 Å². The van der Waals surface area contributed by atoms with Gasteiger partial charge in [-0.15, -0.1) is 0 Å². The maximum atomic E-state index is 5.38. The van der Waals surface area contributed by atoms with Gasteiger partial charge in [-0.1, -0.05) is 66.7 Å². The zero-order chi connectivity index (χ0) is 29.7. The summed E-state index contributed by atoms with van der Waals surface area (Å²) in [6, 6.07) is 0. The van der Waals surface area contributed by atoms with Crippen LogP contribution in [0.3, 0.4) is 0 Å². The number of hydrogen-bond acceptors (Lipinski definition) is 4. The summed E-state index contributed by atoms with van der Waals surface area (Å²) in [5.74, 6) is 7.15. The van der Waals surface area contributed by atoms with Crippen LogP contribution in [0.15, 0.2) is 0 Å². The van der Waals surface area contributed by atoms with Crippen LogP contribution in [0.4, 0.5) is 0 Å². The number of rotatable bonds is 16. The van der Waals surface area contributed by atoms with Crippen molar-refractivity contribution in [3.8, 4) is 0 Å². The van der Waals surface area contributed by atoms with E-state index in [1.54, 1.807) is 51.4 Å². The number of nitrogens with two attached hydrogens (primary N) is 2. The molecule has 242 valence electrons. The second-order valence-electron chi connectivity index (χ2n) is 15.9. The van der Waals surface area contributed by atoms with Crippen molar-refractivity contribution in [2.45, 2.75) is 144 Å². The van der Waals surface area contributed by atoms with Crippen LogP contribution in [0.5, 0.6) is 0 Å². The average Bonchev–Trinajstić information content (AvgIpc) is 3.31. The third kappa shape index (κ3) is 9.66. The third-order valence-corrected chi connectivity index (χ3v) is 12.9. The molecule has 0 saturated heterocycles. The largest absolute Gasteiger partial charge is 0.330 e. The van der Waals surface area contributed by atoms with E-state index in [2.05, 4.69) is 45.3 Å². The minimum absolute atomic E-state index is 0.677. The normalized spacial score (nSPS) is 35.3. The molecule has 4 aliphatic carbocycles. The second kappa shape index (κ2) is 18.0. The lowest BCUT2D eigenvalue weighted by atomic mass is 9.44. The molecule has 0 radical (unpaired) electrons. The smallest absolute Gasteiger partial charge is 0.00369 e. The van der Waals surface area contributed by atoms with Gasteiger partial charge in [0.15, 0.2) is 0 Å². The highest BCUT2D eigenvalue weighted by Gasteiger charge is 2.60. The topological polar surface area (TPSA) is 76.1 Å². The molecule has 4 heteroatoms. The van der Waals surface area contributed by atoms with E-state index in [4.69, 9.17) is 11.5 Å². The minimum atomic E-state index is 0.677. The Morgan fingerprint density at radius 2 is 1.27 bits per heavy atom. The Morgan fingerprint density at radius 1 is 0.634 bits per heavy atom. The lowest BCUT2D eigenvalue weighted by Crippen LogP contribution is -2.53. The van der Waals surface area contributed by atoms with Crippen molar-refractivity contribution in [2.75, 3.05) is 39.3 Å². The Kier molecular flexibility index (Phi) is 15.5. The van der Waals surface area contributed by atoms with Crippen LogP contribution in [-0.4, -0.2) is 39.3 Å². The molecule has 6 N–H and O–H groups in total. The molecule has 0 amide bonds. The highest BCUT2D eigenvalue weighted by Crippen LogP contribution is 2.68. The van der Waals surface area contributed by atoms with Crippen LogP contribution >= 0.6 is 0 Å². The maximum absolute atomic E-state index is 5.38. The molecular weight excluding hydrogens is 500 g/mol. The van der Waals surface area contributed by atoms with Gasteiger partial charge < -0.3 is 22.1 Å². The molecule has 7 unspecified atom stereocenters. The van der Waals surface area contributed by atoms with Crippen LogP contribution < -0.4 is 22.1 Å². The van der Waals surface area contributed by atoms with Crippen molar-refractivity contribution >= 4 is 0 Å². The third-order valence-electron chi connectivity index (χ3n) is 12.9. The Morgan fingerprint density at radius 3 is 1.90 bits per heavy atom. The standard InChI is InChI=1S/C27H48.C10H26N4/c1-19(2)9-8-10-20(3)23-14-15-24-22-13-12-21-11-6-7-17-26(21,4)25(22)16-18-27(23,24)5;11-5-3-9-13-7-1-2-8-14-10-4-6-12/h19-25H,6-18H2,1-5H3;13-14H,1-12H2/t20?,21?,22?,23?,24?,25?,26-,27?;/m0./s1. The Labute approximate surface area is 257 Å². The molecular formula is C37H74N4. The van der Waals surface area contributed by atoms with Crippen molar-refractivity contribution in [1.29, 1.82) is 0 Å². The number of unbranched alkanes of at least 4 members (excludes halogenated alkanes) is 1. The number of hydrogen-bond donors (Lipinski definition) is 4. The van der Waals surface area contributed by atoms with Gasteiger partial charge in [0.25, 0.3) is 0 Å². The van der Waals surface area contributed by atoms with Gasteiger partial charge in [0.2, 0.25) is 0 Å². The van der Waals surface area contributed by atoms with Gasteiger partial charge >= 0.3 is 0 Å². The lowest BCUT2D eigenvalue weighted by molar-refractivity contribution is -0.114. The zero-order valence-corrected chi connectivity index (χ0v) is 28.5. The fraction of sp³-hybridized carbons (Fsp3) is 1.00. The molecule has 0 aromatic rings. The highest BCUT2D eigenvalue weighted by molar-refractivity contribution is 5.09. The summed E-state index contributed by atoms with van der Waals surface area (Å²) in [6.45, 7) is 18.8. The van der Waals surface area contributed by atoms with Gasteiger partial charge in [-0.2, -0.15) is 0 Å². The summed E-state index contributed by atoms with van der Waals surface area (Å²) in [5, 5.41) is 6.72. The molecule has 0 aromatic heterocycles. The molecule has 0 aromatic carbocycles. The Hall–Kier alpha value is -0.160. The maximum Gasteiger partial charge on any atom is -0.00369 e. The molecule has 4 fully saturated rings. The van der Waals surface area contributed by atoms with E-state index >= 15 is 0 Å². The summed E-state index contributed by atoms with van der Waals surface area (Å²) in [5.41, 5.74) is 12.1. The predicted octanol–water partition coefficient (Wildman–Crippen LogP) is 8.14. The van der Waals surface area contributed by atoms with E-state index in [1.165, 1.54) is 44.9 Å². The number of nitrogens with one attached hydrogen (secondary N) is 2. The first kappa shape index (κ1) is 35.3. The van der Waals surface area contributed by atoms with E-state index in [1.807, 2.05) is 0 Å². The Bertz CT molecular complexity index is 684. The number of fused-ring (bicyclic) bond motifs is 5. The first-order valence-electron chi connectivity index (χ1n) is 18.6. The van der Waals surface area contributed by atoms with Gasteiger partial charge in [0, 0.05) is 0 Å². The summed E-state index contributed by atoms with van der Waals surface area (Å²) in [6.07, 6.45) is 24.5. The lowest BCUT2D eigenvalue weighted by Gasteiger charge is -2.61. The van der Waals surface area contributed by atoms with Crippen LogP contribution in [0, 0.1) is 52.3 Å². The minimum Gasteiger partial charge on any atom is -0.330 e. The van der Waals surface area contributed by atoms with Crippen LogP contribution in [0.25, 0.3) is 0 Å². The molecule has 0 bridgehead atoms. The van der Waals surface area contributed by atoms with Crippen LogP contribution in [0.1, 0.15) is 144 Å². The molecule has 0 aliphatic heterocycles. The van der Waals surface area contributed by atoms with Crippen molar-refractivity contribution in [2.24, 2.45) is 63.7 Å². The second-order valence-corrected chi connectivity index (χ2v) is 15.9. The van der Waals surface area contributed by atoms with E-state index in [9.17, 15) is 0 Å². The molecule has 4 nitrogen and oxygen atoms in total. The van der Waals surface area contributed by atoms with Crippen molar-refractivity contribution in [3.05, 3.63) is 0 Å². The quantitative estimate of drug-likeness (QED) is 0.140. The summed E-state index contributed by atoms with van der Waals surface area (Å²) < 4.78 is 0. The molecule has 4 rings (SSSR count). The van der Waals surface area contributed by atoms with Gasteiger partial charge in [0.1, 0.15) is 0 Å². The molecule has 8 atom stereocenters. The van der Waals surface area contributed by atoms with Crippen molar-refractivity contribution in [3.63, 3.8) is 0 Å². The van der Waals surface area contributed by atoms with E-state index in [0.717, 1.165) is 93.5 Å². The van der Waals surface area contributed by atoms with E-state index in [-0.39, 0.29) is 0 Å². The fourth-order valence-corrected chi connectivity index (χ4v) is 10.5. The highest BCUT2D eigenvalue weighted by atomic mass is 14.9. The Balaban J connectivity index is 0.000000282. The zero-order valence-electron chi connectivity index (χ0n) is 28.5. The van der Waals surface area contributed by atoms with E-state index in [0.29, 0.717) is 10.8 Å². The summed E-state index contributed by atoms with van der Waals surface area (Å²) in [4.78, 5) is 0. The SMILES string of the molecule is CC(C)CCCC(C)C1CCC2C3CCC4CCCC[C@]4(C)C3CCC12C.NCCCNCCCCNCCCN. The van der Waals surface area contributed by atoms with Crippen LogP contribution in [-0.2, 0) is 0 Å². The summed E-state index contributed by atoms with van der Waals surface area (Å²) in [7, 11) is 0. The van der Waals surface area contributed by atoms with Gasteiger partial charge in [-0.25, -0.2) is 0 Å². The van der Waals surface area contributed by atoms with Crippen LogP contribution in [0.2, 0.25) is 0 Å². The molecule has 4 saturated carbocycles. The van der Waals surface area contributed by atoms with Crippen molar-refractivity contribution in [1.82, 2.24) is 10.6 Å².